The molecule has 1 aliphatic carbocycles. The van der Waals surface area contributed by atoms with E-state index in [9.17, 15) is 0 Å². The van der Waals surface area contributed by atoms with Crippen LogP contribution in [0.25, 0.3) is 0 Å². The molecule has 1 aromatic rings. The number of nitrogens with one attached hydrogen (secondary N) is 1. The molecule has 0 aromatic heterocycles. The van der Waals surface area contributed by atoms with Crippen molar-refractivity contribution in [2.45, 2.75) is 50.8 Å². The maximum Gasteiger partial charge on any atom is 0.123 e. The van der Waals surface area contributed by atoms with Gasteiger partial charge in [0.05, 0.1) is 13.2 Å². The van der Waals surface area contributed by atoms with Crippen molar-refractivity contribution in [1.82, 2.24) is 5.32 Å². The maximum atomic E-state index is 5.93. The van der Waals surface area contributed by atoms with Crippen LogP contribution in [0.4, 0.5) is 0 Å². The summed E-state index contributed by atoms with van der Waals surface area (Å²) in [6.45, 7) is 3.13. The molecule has 3 atom stereocenters. The minimum absolute atomic E-state index is 0.346. The van der Waals surface area contributed by atoms with Crippen molar-refractivity contribution < 1.29 is 9.47 Å². The molecule has 2 aliphatic rings. The van der Waals surface area contributed by atoms with Crippen LogP contribution in [0.3, 0.4) is 0 Å². The van der Waals surface area contributed by atoms with Crippen molar-refractivity contribution in [3.8, 4) is 5.75 Å². The number of benzene rings is 1. The van der Waals surface area contributed by atoms with Crippen LogP contribution in [-0.4, -0.2) is 25.9 Å². The molecule has 0 spiro atoms. The van der Waals surface area contributed by atoms with Gasteiger partial charge >= 0.3 is 0 Å². The standard InChI is InChI=1S/C17H25NO2/c1-3-14(13-6-4-5-7-16(13)19-2)18-15-10-11-20-17(15)12-8-9-12/h4-7,12,14-15,17-18H,3,8-11H2,1-2H3. The number of para-hydroxylation sites is 1. The van der Waals surface area contributed by atoms with E-state index in [0.717, 1.165) is 31.1 Å². The lowest BCUT2D eigenvalue weighted by molar-refractivity contribution is 0.0786. The van der Waals surface area contributed by atoms with E-state index in [1.54, 1.807) is 7.11 Å². The SMILES string of the molecule is CCC(NC1CCOC1C1CC1)c1ccccc1OC. The lowest BCUT2D eigenvalue weighted by Gasteiger charge is -2.27. The summed E-state index contributed by atoms with van der Waals surface area (Å²) in [5, 5.41) is 3.82. The second kappa shape index (κ2) is 6.15. The predicted molar refractivity (Wildman–Crippen MR) is 80.0 cm³/mol. The average Bonchev–Trinajstić information content (AvgIpc) is 3.24. The second-order valence-corrected chi connectivity index (χ2v) is 5.94. The normalized spacial score (nSPS) is 27.5. The summed E-state index contributed by atoms with van der Waals surface area (Å²) in [6.07, 6.45) is 5.31. The summed E-state index contributed by atoms with van der Waals surface area (Å²) in [5.41, 5.74) is 1.26. The Labute approximate surface area is 121 Å². The number of ether oxygens (including phenoxy) is 2. The number of rotatable bonds is 6. The van der Waals surface area contributed by atoms with Gasteiger partial charge in [0, 0.05) is 24.3 Å². The van der Waals surface area contributed by atoms with Crippen LogP contribution in [0.15, 0.2) is 24.3 Å². The second-order valence-electron chi connectivity index (χ2n) is 5.94. The molecular weight excluding hydrogens is 250 g/mol. The molecule has 3 unspecified atom stereocenters. The van der Waals surface area contributed by atoms with Gasteiger partial charge in [-0.25, -0.2) is 0 Å². The Morgan fingerprint density at radius 3 is 2.80 bits per heavy atom. The summed E-state index contributed by atoms with van der Waals surface area (Å²) in [6, 6.07) is 9.17. The highest BCUT2D eigenvalue weighted by Gasteiger charge is 2.41. The minimum Gasteiger partial charge on any atom is -0.496 e. The summed E-state index contributed by atoms with van der Waals surface area (Å²) >= 11 is 0. The molecule has 0 radical (unpaired) electrons. The molecule has 0 amide bonds. The summed E-state index contributed by atoms with van der Waals surface area (Å²) < 4.78 is 11.4. The average molecular weight is 275 g/mol. The Balaban J connectivity index is 1.73. The van der Waals surface area contributed by atoms with Crippen LogP contribution >= 0.6 is 0 Å². The maximum absolute atomic E-state index is 5.93. The monoisotopic (exact) mass is 275 g/mol. The Morgan fingerprint density at radius 2 is 2.10 bits per heavy atom. The highest BCUT2D eigenvalue weighted by atomic mass is 16.5. The van der Waals surface area contributed by atoms with Gasteiger partial charge in [-0.2, -0.15) is 0 Å². The first-order valence-electron chi connectivity index (χ1n) is 7.84. The number of methoxy groups -OCH3 is 1. The van der Waals surface area contributed by atoms with Gasteiger partial charge in [0.1, 0.15) is 5.75 Å². The highest BCUT2D eigenvalue weighted by molar-refractivity contribution is 5.36. The lowest BCUT2D eigenvalue weighted by Crippen LogP contribution is -2.39. The first kappa shape index (κ1) is 13.9. The third kappa shape index (κ3) is 2.84. The smallest absolute Gasteiger partial charge is 0.123 e. The van der Waals surface area contributed by atoms with Gasteiger partial charge in [-0.1, -0.05) is 25.1 Å². The molecule has 1 N–H and O–H groups in total. The van der Waals surface area contributed by atoms with E-state index in [2.05, 4.69) is 24.4 Å². The van der Waals surface area contributed by atoms with Crippen molar-refractivity contribution in [3.05, 3.63) is 29.8 Å². The fourth-order valence-electron chi connectivity index (χ4n) is 3.32. The molecule has 1 aromatic carbocycles. The zero-order valence-electron chi connectivity index (χ0n) is 12.5. The van der Waals surface area contributed by atoms with Gasteiger partial charge in [0.25, 0.3) is 0 Å². The van der Waals surface area contributed by atoms with Gasteiger partial charge in [0.2, 0.25) is 0 Å². The van der Waals surface area contributed by atoms with E-state index >= 15 is 0 Å². The van der Waals surface area contributed by atoms with Crippen LogP contribution in [0, 0.1) is 5.92 Å². The fraction of sp³-hybridized carbons (Fsp3) is 0.647. The predicted octanol–water partition coefficient (Wildman–Crippen LogP) is 3.30. The molecule has 1 saturated heterocycles. The highest BCUT2D eigenvalue weighted by Crippen LogP contribution is 2.39. The molecule has 0 bridgehead atoms. The van der Waals surface area contributed by atoms with Crippen LogP contribution in [0.1, 0.15) is 44.2 Å². The third-order valence-electron chi connectivity index (χ3n) is 4.56. The Hall–Kier alpha value is -1.06. The molecule has 20 heavy (non-hydrogen) atoms. The number of hydrogen-bond donors (Lipinski definition) is 1. The summed E-state index contributed by atoms with van der Waals surface area (Å²) in [5.74, 6) is 1.78. The lowest BCUT2D eigenvalue weighted by atomic mass is 9.99. The minimum atomic E-state index is 0.346. The van der Waals surface area contributed by atoms with Gasteiger partial charge < -0.3 is 14.8 Å². The molecule has 3 heteroatoms. The van der Waals surface area contributed by atoms with Crippen LogP contribution in [0.5, 0.6) is 5.75 Å². The molecule has 2 fully saturated rings. The Morgan fingerprint density at radius 1 is 1.30 bits per heavy atom. The van der Waals surface area contributed by atoms with Crippen molar-refractivity contribution in [2.75, 3.05) is 13.7 Å². The Bertz CT molecular complexity index is 444. The quantitative estimate of drug-likeness (QED) is 0.864. The first-order chi connectivity index (χ1) is 9.83. The van der Waals surface area contributed by atoms with E-state index in [1.165, 1.54) is 18.4 Å². The van der Waals surface area contributed by atoms with Gasteiger partial charge in [-0.05, 0) is 37.7 Å². The van der Waals surface area contributed by atoms with Gasteiger partial charge in [-0.3, -0.25) is 0 Å². The van der Waals surface area contributed by atoms with Crippen LogP contribution in [0.2, 0.25) is 0 Å². The summed E-state index contributed by atoms with van der Waals surface area (Å²) in [7, 11) is 1.75. The van der Waals surface area contributed by atoms with Crippen molar-refractivity contribution in [2.24, 2.45) is 5.92 Å². The Kier molecular flexibility index (Phi) is 4.27. The molecule has 3 nitrogen and oxygen atoms in total. The largest absolute Gasteiger partial charge is 0.496 e. The molecule has 110 valence electrons. The molecular formula is C17H25NO2. The van der Waals surface area contributed by atoms with Gasteiger partial charge in [0.15, 0.2) is 0 Å². The van der Waals surface area contributed by atoms with Crippen LogP contribution < -0.4 is 10.1 Å². The molecule has 1 heterocycles. The zero-order valence-corrected chi connectivity index (χ0v) is 12.5. The van der Waals surface area contributed by atoms with E-state index in [0.29, 0.717) is 18.2 Å². The van der Waals surface area contributed by atoms with Crippen molar-refractivity contribution >= 4 is 0 Å². The van der Waals surface area contributed by atoms with Crippen molar-refractivity contribution in [3.63, 3.8) is 0 Å². The van der Waals surface area contributed by atoms with E-state index in [4.69, 9.17) is 9.47 Å². The molecule has 1 saturated carbocycles. The van der Waals surface area contributed by atoms with Crippen LogP contribution in [-0.2, 0) is 4.74 Å². The number of hydrogen-bond acceptors (Lipinski definition) is 3. The van der Waals surface area contributed by atoms with E-state index in [-0.39, 0.29) is 0 Å². The zero-order chi connectivity index (χ0) is 13.9. The van der Waals surface area contributed by atoms with Crippen molar-refractivity contribution in [1.29, 1.82) is 0 Å². The molecule has 1 aliphatic heterocycles. The summed E-state index contributed by atoms with van der Waals surface area (Å²) in [4.78, 5) is 0. The fourth-order valence-corrected chi connectivity index (χ4v) is 3.32. The van der Waals surface area contributed by atoms with E-state index < -0.39 is 0 Å². The van der Waals surface area contributed by atoms with E-state index in [1.807, 2.05) is 12.1 Å². The molecule has 3 rings (SSSR count). The third-order valence-corrected chi connectivity index (χ3v) is 4.56. The first-order valence-corrected chi connectivity index (χ1v) is 7.84. The van der Waals surface area contributed by atoms with Gasteiger partial charge in [-0.15, -0.1) is 0 Å². The topological polar surface area (TPSA) is 30.5 Å².